The van der Waals surface area contributed by atoms with Gasteiger partial charge in [0.1, 0.15) is 0 Å². The summed E-state index contributed by atoms with van der Waals surface area (Å²) in [7, 11) is 0. The van der Waals surface area contributed by atoms with Gasteiger partial charge in [0, 0.05) is 26.2 Å². The van der Waals surface area contributed by atoms with Crippen LogP contribution >= 0.6 is 0 Å². The van der Waals surface area contributed by atoms with Crippen molar-refractivity contribution in [1.82, 2.24) is 9.80 Å². The molecule has 2 aliphatic carbocycles. The number of likely N-dealkylation sites (tertiary alicyclic amines) is 2. The Morgan fingerprint density at radius 3 is 2.56 bits per heavy atom. The molecule has 1 saturated carbocycles. The maximum atomic E-state index is 12.6. The second-order valence-corrected chi connectivity index (χ2v) is 8.11. The number of nitrogens with zero attached hydrogens (tertiary/aromatic N) is 3. The van der Waals surface area contributed by atoms with Crippen molar-refractivity contribution in [2.75, 3.05) is 26.2 Å². The minimum absolute atomic E-state index is 0.0358. The van der Waals surface area contributed by atoms with Crippen LogP contribution in [0.4, 0.5) is 0 Å². The SMILES string of the molecule is C[C@@H]1CCCN(C(N)=NCCCN2C(=O)[C@H]3[C@H](C2=O)[C@H]2C=C[C@H]3C2)C1. The number of fused-ring (bicyclic) bond motifs is 5. The van der Waals surface area contributed by atoms with Gasteiger partial charge in [0.2, 0.25) is 11.8 Å². The van der Waals surface area contributed by atoms with E-state index >= 15 is 0 Å². The highest BCUT2D eigenvalue weighted by molar-refractivity contribution is 6.06. The van der Waals surface area contributed by atoms with Crippen LogP contribution < -0.4 is 5.73 Å². The molecule has 4 aliphatic rings. The fourth-order valence-corrected chi connectivity index (χ4v) is 5.10. The van der Waals surface area contributed by atoms with Crippen molar-refractivity contribution < 1.29 is 9.59 Å². The number of carbonyl (C=O) groups is 2. The zero-order valence-corrected chi connectivity index (χ0v) is 14.9. The molecule has 2 aliphatic heterocycles. The van der Waals surface area contributed by atoms with Crippen LogP contribution in [0.1, 0.15) is 32.6 Å². The number of piperidine rings is 1. The number of imide groups is 1. The van der Waals surface area contributed by atoms with E-state index in [4.69, 9.17) is 5.73 Å². The highest BCUT2D eigenvalue weighted by atomic mass is 16.2. The van der Waals surface area contributed by atoms with Crippen LogP contribution in [-0.4, -0.2) is 53.8 Å². The topological polar surface area (TPSA) is 79.0 Å². The largest absolute Gasteiger partial charge is 0.370 e. The first-order chi connectivity index (χ1) is 12.1. The number of aliphatic imine (C=N–C) groups is 1. The number of hydrogen-bond donors (Lipinski definition) is 1. The molecule has 3 fully saturated rings. The third-order valence-corrected chi connectivity index (χ3v) is 6.36. The van der Waals surface area contributed by atoms with Crippen LogP contribution in [0, 0.1) is 29.6 Å². The molecule has 2 bridgehead atoms. The van der Waals surface area contributed by atoms with E-state index in [2.05, 4.69) is 29.0 Å². The lowest BCUT2D eigenvalue weighted by atomic mass is 9.85. The summed E-state index contributed by atoms with van der Waals surface area (Å²) in [5, 5.41) is 0. The number of guanidine groups is 1. The first kappa shape index (κ1) is 16.6. The highest BCUT2D eigenvalue weighted by Crippen LogP contribution is 2.52. The van der Waals surface area contributed by atoms with E-state index in [0.717, 1.165) is 25.9 Å². The second-order valence-electron chi connectivity index (χ2n) is 8.11. The van der Waals surface area contributed by atoms with Crippen LogP contribution in [0.2, 0.25) is 0 Å². The van der Waals surface area contributed by atoms with Gasteiger partial charge < -0.3 is 10.6 Å². The fourth-order valence-electron chi connectivity index (χ4n) is 5.10. The lowest BCUT2D eigenvalue weighted by Crippen LogP contribution is -2.43. The van der Waals surface area contributed by atoms with Crippen LogP contribution in [0.3, 0.4) is 0 Å². The lowest BCUT2D eigenvalue weighted by molar-refractivity contribution is -0.140. The first-order valence-electron chi connectivity index (χ1n) is 9.64. The number of carbonyl (C=O) groups excluding carboxylic acids is 2. The summed E-state index contributed by atoms with van der Waals surface area (Å²) in [5.41, 5.74) is 6.10. The van der Waals surface area contributed by atoms with Gasteiger partial charge in [-0.15, -0.1) is 0 Å². The summed E-state index contributed by atoms with van der Waals surface area (Å²) in [6.07, 6.45) is 8.34. The number of amides is 2. The molecular weight excluding hydrogens is 316 g/mol. The number of rotatable bonds is 4. The van der Waals surface area contributed by atoms with Crippen LogP contribution in [0.5, 0.6) is 0 Å². The Labute approximate surface area is 149 Å². The van der Waals surface area contributed by atoms with Crippen molar-refractivity contribution in [2.45, 2.75) is 32.6 Å². The van der Waals surface area contributed by atoms with Gasteiger partial charge in [-0.3, -0.25) is 19.5 Å². The molecule has 25 heavy (non-hydrogen) atoms. The standard InChI is InChI=1S/C19H28N4O2/c1-12-4-2-8-22(11-12)19(20)21-7-3-9-23-17(24)15-13-5-6-14(10-13)16(15)18(23)25/h5-6,12-16H,2-4,7-11H2,1H3,(H2,20,21)/t12-,13+,14+,15-,16-/m1/s1. The van der Waals surface area contributed by atoms with Gasteiger partial charge in [-0.25, -0.2) is 0 Å². The molecular formula is C19H28N4O2. The zero-order valence-electron chi connectivity index (χ0n) is 14.9. The second kappa shape index (κ2) is 6.46. The normalized spacial score (nSPS) is 37.3. The maximum absolute atomic E-state index is 12.6. The molecule has 5 atom stereocenters. The Balaban J connectivity index is 1.29. The summed E-state index contributed by atoms with van der Waals surface area (Å²) in [4.78, 5) is 33.3. The van der Waals surface area contributed by atoms with Gasteiger partial charge >= 0.3 is 0 Å². The number of allylic oxidation sites excluding steroid dienone is 2. The van der Waals surface area contributed by atoms with Gasteiger partial charge in [-0.05, 0) is 43.4 Å². The summed E-state index contributed by atoms with van der Waals surface area (Å²) in [5.74, 6) is 1.71. The number of nitrogens with two attached hydrogens (primary N) is 1. The molecule has 0 aromatic heterocycles. The zero-order chi connectivity index (χ0) is 17.6. The summed E-state index contributed by atoms with van der Waals surface area (Å²) < 4.78 is 0. The molecule has 4 rings (SSSR count). The van der Waals surface area contributed by atoms with E-state index in [9.17, 15) is 9.59 Å². The third kappa shape index (κ3) is 2.85. The molecule has 6 heteroatoms. The van der Waals surface area contributed by atoms with E-state index in [-0.39, 0.29) is 35.5 Å². The average Bonchev–Trinajstić information content (AvgIpc) is 3.27. The van der Waals surface area contributed by atoms with Crippen LogP contribution in [-0.2, 0) is 9.59 Å². The van der Waals surface area contributed by atoms with Gasteiger partial charge in [0.25, 0.3) is 0 Å². The van der Waals surface area contributed by atoms with Crippen LogP contribution in [0.15, 0.2) is 17.1 Å². The van der Waals surface area contributed by atoms with Gasteiger partial charge in [0.05, 0.1) is 11.8 Å². The summed E-state index contributed by atoms with van der Waals surface area (Å²) >= 11 is 0. The van der Waals surface area contributed by atoms with Crippen molar-refractivity contribution in [3.05, 3.63) is 12.2 Å². The minimum atomic E-state index is -0.0918. The summed E-state index contributed by atoms with van der Waals surface area (Å²) in [6, 6.07) is 0. The van der Waals surface area contributed by atoms with Crippen LogP contribution in [0.25, 0.3) is 0 Å². The first-order valence-corrected chi connectivity index (χ1v) is 9.64. The molecule has 0 unspecified atom stereocenters. The Kier molecular flexibility index (Phi) is 4.29. The van der Waals surface area contributed by atoms with Gasteiger partial charge in [0.15, 0.2) is 5.96 Å². The molecule has 136 valence electrons. The van der Waals surface area contributed by atoms with Crippen molar-refractivity contribution in [2.24, 2.45) is 40.3 Å². The average molecular weight is 344 g/mol. The Morgan fingerprint density at radius 1 is 1.24 bits per heavy atom. The van der Waals surface area contributed by atoms with E-state index in [0.29, 0.717) is 31.4 Å². The van der Waals surface area contributed by atoms with Crippen molar-refractivity contribution in [1.29, 1.82) is 0 Å². The molecule has 6 nitrogen and oxygen atoms in total. The molecule has 2 amide bonds. The smallest absolute Gasteiger partial charge is 0.233 e. The van der Waals surface area contributed by atoms with E-state index < -0.39 is 0 Å². The molecule has 2 heterocycles. The molecule has 0 aromatic carbocycles. The number of hydrogen-bond acceptors (Lipinski definition) is 3. The third-order valence-electron chi connectivity index (χ3n) is 6.36. The Morgan fingerprint density at radius 2 is 1.92 bits per heavy atom. The predicted molar refractivity (Wildman–Crippen MR) is 95.5 cm³/mol. The van der Waals surface area contributed by atoms with Crippen molar-refractivity contribution in [3.8, 4) is 0 Å². The molecule has 0 spiro atoms. The molecule has 2 saturated heterocycles. The summed E-state index contributed by atoms with van der Waals surface area (Å²) in [6.45, 7) is 5.22. The van der Waals surface area contributed by atoms with E-state index in [1.54, 1.807) is 0 Å². The van der Waals surface area contributed by atoms with E-state index in [1.165, 1.54) is 11.3 Å². The Hall–Kier alpha value is -1.85. The minimum Gasteiger partial charge on any atom is -0.370 e. The maximum Gasteiger partial charge on any atom is 0.233 e. The van der Waals surface area contributed by atoms with Gasteiger partial charge in [-0.2, -0.15) is 0 Å². The lowest BCUT2D eigenvalue weighted by Gasteiger charge is -2.31. The van der Waals surface area contributed by atoms with Crippen molar-refractivity contribution in [3.63, 3.8) is 0 Å². The highest BCUT2D eigenvalue weighted by Gasteiger charge is 2.58. The molecule has 0 radical (unpaired) electrons. The molecule has 0 aromatic rings. The van der Waals surface area contributed by atoms with Crippen molar-refractivity contribution >= 4 is 17.8 Å². The monoisotopic (exact) mass is 344 g/mol. The quantitative estimate of drug-likeness (QED) is 0.273. The van der Waals surface area contributed by atoms with E-state index in [1.807, 2.05) is 0 Å². The predicted octanol–water partition coefficient (Wildman–Crippen LogP) is 1.23. The Bertz CT molecular complexity index is 599. The fraction of sp³-hybridized carbons (Fsp3) is 0.737. The molecule has 2 N–H and O–H groups in total. The van der Waals surface area contributed by atoms with Gasteiger partial charge in [-0.1, -0.05) is 19.1 Å².